The molecule has 2 N–H and O–H groups in total. The summed E-state index contributed by atoms with van der Waals surface area (Å²) in [6.45, 7) is 3.14. The molecule has 0 aliphatic carbocycles. The minimum Gasteiger partial charge on any atom is -0.489 e. The van der Waals surface area contributed by atoms with Crippen molar-refractivity contribution in [2.45, 2.75) is 19.4 Å². The molecule has 0 spiro atoms. The average Bonchev–Trinajstić information content (AvgIpc) is 2.71. The molecule has 0 radical (unpaired) electrons. The van der Waals surface area contributed by atoms with Gasteiger partial charge in [-0.3, -0.25) is 4.79 Å². The van der Waals surface area contributed by atoms with E-state index in [9.17, 15) is 14.7 Å². The summed E-state index contributed by atoms with van der Waals surface area (Å²) in [7, 11) is 0. The monoisotopic (exact) mass is 461 g/mol. The maximum Gasteiger partial charge on any atom is 0.328 e. The highest BCUT2D eigenvalue weighted by molar-refractivity contribution is 6.35. The smallest absolute Gasteiger partial charge is 0.328 e. The van der Waals surface area contributed by atoms with Crippen LogP contribution in [0.5, 0.6) is 11.5 Å². The van der Waals surface area contributed by atoms with E-state index >= 15 is 0 Å². The first-order valence-electron chi connectivity index (χ1n) is 9.47. The standard InChI is InChI=1S/C23H21Cl2NO5/c1-23(2,22(28)29)26-21(27)17-9-7-14-5-3-4-6-16(14)20(17)31-12-11-30-19-10-8-15(24)13-18(19)25/h3-10,13H,11-12H2,1-2H3,(H,26,27)(H,28,29). The van der Waals surface area contributed by atoms with E-state index in [1.165, 1.54) is 13.8 Å². The lowest BCUT2D eigenvalue weighted by Gasteiger charge is -2.22. The third kappa shape index (κ3) is 5.40. The molecule has 3 rings (SSSR count). The molecular weight excluding hydrogens is 441 g/mol. The maximum absolute atomic E-state index is 12.8. The van der Waals surface area contributed by atoms with Crippen molar-refractivity contribution in [3.05, 3.63) is 70.2 Å². The van der Waals surface area contributed by atoms with Gasteiger partial charge < -0.3 is 19.9 Å². The zero-order chi connectivity index (χ0) is 22.6. The summed E-state index contributed by atoms with van der Waals surface area (Å²) in [6.07, 6.45) is 0. The number of aliphatic carboxylic acids is 1. The SMILES string of the molecule is CC(C)(NC(=O)c1ccc2ccccc2c1OCCOc1ccc(Cl)cc1Cl)C(=O)O. The number of carboxylic acid groups (broad SMARTS) is 1. The fourth-order valence-corrected chi connectivity index (χ4v) is 3.33. The van der Waals surface area contributed by atoms with Gasteiger partial charge in [-0.2, -0.15) is 0 Å². The summed E-state index contributed by atoms with van der Waals surface area (Å²) in [5.41, 5.74) is -1.20. The van der Waals surface area contributed by atoms with Crippen LogP contribution < -0.4 is 14.8 Å². The third-order valence-electron chi connectivity index (χ3n) is 4.57. The first-order chi connectivity index (χ1) is 14.7. The number of ether oxygens (including phenoxy) is 2. The molecular formula is C23H21Cl2NO5. The molecule has 1 amide bonds. The van der Waals surface area contributed by atoms with E-state index in [-0.39, 0.29) is 18.8 Å². The van der Waals surface area contributed by atoms with Crippen molar-refractivity contribution < 1.29 is 24.2 Å². The van der Waals surface area contributed by atoms with E-state index in [0.29, 0.717) is 21.5 Å². The van der Waals surface area contributed by atoms with Crippen LogP contribution in [0.3, 0.4) is 0 Å². The second-order valence-corrected chi connectivity index (χ2v) is 8.16. The molecule has 162 valence electrons. The molecule has 0 aliphatic heterocycles. The molecule has 0 fully saturated rings. The molecule has 0 saturated carbocycles. The lowest BCUT2D eigenvalue weighted by Crippen LogP contribution is -2.49. The first kappa shape index (κ1) is 22.7. The summed E-state index contributed by atoms with van der Waals surface area (Å²) in [5.74, 6) is -0.872. The van der Waals surface area contributed by atoms with Gasteiger partial charge in [-0.1, -0.05) is 53.5 Å². The number of carboxylic acids is 1. The van der Waals surface area contributed by atoms with Crippen molar-refractivity contribution >= 4 is 45.9 Å². The molecule has 3 aromatic carbocycles. The molecule has 0 aromatic heterocycles. The minimum absolute atomic E-state index is 0.134. The highest BCUT2D eigenvalue weighted by Crippen LogP contribution is 2.31. The fourth-order valence-electron chi connectivity index (χ4n) is 2.87. The zero-order valence-electron chi connectivity index (χ0n) is 16.9. The van der Waals surface area contributed by atoms with Gasteiger partial charge in [-0.05, 0) is 43.5 Å². The van der Waals surface area contributed by atoms with E-state index in [2.05, 4.69) is 5.32 Å². The van der Waals surface area contributed by atoms with Crippen LogP contribution in [0.4, 0.5) is 0 Å². The van der Waals surface area contributed by atoms with Crippen molar-refractivity contribution in [3.8, 4) is 11.5 Å². The fraction of sp³-hybridized carbons (Fsp3) is 0.217. The number of halogens is 2. The molecule has 0 atom stereocenters. The average molecular weight is 462 g/mol. The number of rotatable bonds is 8. The third-order valence-corrected chi connectivity index (χ3v) is 5.10. The van der Waals surface area contributed by atoms with E-state index in [0.717, 1.165) is 10.8 Å². The van der Waals surface area contributed by atoms with Gasteiger partial charge in [-0.15, -0.1) is 0 Å². The predicted octanol–water partition coefficient (Wildman–Crippen LogP) is 5.20. The summed E-state index contributed by atoms with van der Waals surface area (Å²) < 4.78 is 11.6. The number of carbonyl (C=O) groups excluding carboxylic acids is 1. The van der Waals surface area contributed by atoms with Crippen LogP contribution in [0.25, 0.3) is 10.8 Å². The van der Waals surface area contributed by atoms with Crippen LogP contribution in [0.1, 0.15) is 24.2 Å². The highest BCUT2D eigenvalue weighted by Gasteiger charge is 2.30. The van der Waals surface area contributed by atoms with Crippen LogP contribution in [0.2, 0.25) is 10.0 Å². The maximum atomic E-state index is 12.8. The Morgan fingerprint density at radius 2 is 1.71 bits per heavy atom. The van der Waals surface area contributed by atoms with Gasteiger partial charge in [-0.25, -0.2) is 4.79 Å². The van der Waals surface area contributed by atoms with Crippen molar-refractivity contribution in [1.29, 1.82) is 0 Å². The van der Waals surface area contributed by atoms with Gasteiger partial charge in [0.05, 0.1) is 10.6 Å². The number of benzene rings is 3. The predicted molar refractivity (Wildman–Crippen MR) is 121 cm³/mol. The number of nitrogens with one attached hydrogen (secondary N) is 1. The summed E-state index contributed by atoms with van der Waals surface area (Å²) >= 11 is 12.0. The number of fused-ring (bicyclic) bond motifs is 1. The Hall–Kier alpha value is -2.96. The Morgan fingerprint density at radius 3 is 2.42 bits per heavy atom. The number of hydrogen-bond acceptors (Lipinski definition) is 4. The molecule has 0 unspecified atom stereocenters. The van der Waals surface area contributed by atoms with Gasteiger partial charge in [0.15, 0.2) is 0 Å². The molecule has 0 heterocycles. The van der Waals surface area contributed by atoms with Crippen molar-refractivity contribution in [2.24, 2.45) is 0 Å². The Morgan fingerprint density at radius 1 is 1.00 bits per heavy atom. The van der Waals surface area contributed by atoms with Gasteiger partial charge in [0, 0.05) is 10.4 Å². The van der Waals surface area contributed by atoms with E-state index in [1.807, 2.05) is 24.3 Å². The Labute approximate surface area is 189 Å². The van der Waals surface area contributed by atoms with Crippen LogP contribution in [-0.4, -0.2) is 35.7 Å². The molecule has 0 aliphatic rings. The molecule has 0 bridgehead atoms. The molecule has 31 heavy (non-hydrogen) atoms. The van der Waals surface area contributed by atoms with Crippen molar-refractivity contribution in [2.75, 3.05) is 13.2 Å². The first-order valence-corrected chi connectivity index (χ1v) is 10.2. The van der Waals surface area contributed by atoms with Gasteiger partial charge in [0.2, 0.25) is 0 Å². The molecule has 3 aromatic rings. The van der Waals surface area contributed by atoms with Gasteiger partial charge in [0.25, 0.3) is 5.91 Å². The van der Waals surface area contributed by atoms with E-state index < -0.39 is 17.4 Å². The second kappa shape index (κ2) is 9.45. The quantitative estimate of drug-likeness (QED) is 0.450. The van der Waals surface area contributed by atoms with Crippen LogP contribution >= 0.6 is 23.2 Å². The van der Waals surface area contributed by atoms with E-state index in [1.54, 1.807) is 30.3 Å². The topological polar surface area (TPSA) is 84.9 Å². The lowest BCUT2D eigenvalue weighted by molar-refractivity contribution is -0.143. The number of hydrogen-bond donors (Lipinski definition) is 2. The number of amides is 1. The second-order valence-electron chi connectivity index (χ2n) is 7.32. The van der Waals surface area contributed by atoms with Crippen LogP contribution in [0.15, 0.2) is 54.6 Å². The van der Waals surface area contributed by atoms with Gasteiger partial charge in [0.1, 0.15) is 30.3 Å². The summed E-state index contributed by atoms with van der Waals surface area (Å²) in [4.78, 5) is 24.2. The Bertz CT molecular complexity index is 1130. The largest absolute Gasteiger partial charge is 0.489 e. The number of carbonyl (C=O) groups is 2. The Kier molecular flexibility index (Phi) is 6.93. The van der Waals surface area contributed by atoms with Gasteiger partial charge >= 0.3 is 5.97 Å². The minimum atomic E-state index is -1.44. The highest BCUT2D eigenvalue weighted by atomic mass is 35.5. The zero-order valence-corrected chi connectivity index (χ0v) is 18.5. The summed E-state index contributed by atoms with van der Waals surface area (Å²) in [5, 5.41) is 14.3. The van der Waals surface area contributed by atoms with E-state index in [4.69, 9.17) is 32.7 Å². The molecule has 6 nitrogen and oxygen atoms in total. The summed E-state index contributed by atoms with van der Waals surface area (Å²) in [6, 6.07) is 15.8. The Balaban J connectivity index is 1.81. The van der Waals surface area contributed by atoms with Crippen molar-refractivity contribution in [3.63, 3.8) is 0 Å². The molecule has 0 saturated heterocycles. The van der Waals surface area contributed by atoms with Crippen LogP contribution in [-0.2, 0) is 4.79 Å². The van der Waals surface area contributed by atoms with Crippen molar-refractivity contribution in [1.82, 2.24) is 5.32 Å². The molecule has 8 heteroatoms. The lowest BCUT2D eigenvalue weighted by atomic mass is 10.0. The normalized spacial score (nSPS) is 11.2. The van der Waals surface area contributed by atoms with Crippen LogP contribution in [0, 0.1) is 0 Å².